The van der Waals surface area contributed by atoms with Crippen molar-refractivity contribution < 1.29 is 9.53 Å². The van der Waals surface area contributed by atoms with Crippen LogP contribution in [0.5, 0.6) is 0 Å². The molecular weight excluding hydrogens is 240 g/mol. The van der Waals surface area contributed by atoms with Gasteiger partial charge in [-0.2, -0.15) is 0 Å². The van der Waals surface area contributed by atoms with Gasteiger partial charge in [0.05, 0.1) is 0 Å². The standard InChI is InChI=1S/C15H22N2O2/c1-3-16-11(2)12-7-4-5-8-13(12)17-15(18)14-9-6-10-19-14/h4-5,7-8,11,14,16H,3,6,9-10H2,1-2H3,(H,17,18). The summed E-state index contributed by atoms with van der Waals surface area (Å²) in [5.74, 6) is -0.0337. The molecule has 1 aromatic rings. The van der Waals surface area contributed by atoms with Crippen LogP contribution in [0.3, 0.4) is 0 Å². The van der Waals surface area contributed by atoms with Crippen molar-refractivity contribution in [2.75, 3.05) is 18.5 Å². The van der Waals surface area contributed by atoms with Gasteiger partial charge in [-0.25, -0.2) is 0 Å². The summed E-state index contributed by atoms with van der Waals surface area (Å²) in [6, 6.07) is 8.12. The lowest BCUT2D eigenvalue weighted by atomic mass is 10.1. The fourth-order valence-corrected chi connectivity index (χ4v) is 2.40. The van der Waals surface area contributed by atoms with Crippen LogP contribution in [0.1, 0.15) is 38.3 Å². The van der Waals surface area contributed by atoms with Gasteiger partial charge >= 0.3 is 0 Å². The van der Waals surface area contributed by atoms with Crippen molar-refractivity contribution >= 4 is 11.6 Å². The van der Waals surface area contributed by atoms with Crippen molar-refractivity contribution in [1.82, 2.24) is 5.32 Å². The maximum absolute atomic E-state index is 12.1. The molecule has 1 aliphatic heterocycles. The van der Waals surface area contributed by atoms with Gasteiger partial charge in [0, 0.05) is 18.3 Å². The quantitative estimate of drug-likeness (QED) is 0.857. The summed E-state index contributed by atoms with van der Waals surface area (Å²) in [7, 11) is 0. The van der Waals surface area contributed by atoms with Crippen LogP contribution in [0.15, 0.2) is 24.3 Å². The highest BCUT2D eigenvalue weighted by atomic mass is 16.5. The van der Waals surface area contributed by atoms with Gasteiger partial charge in [0.2, 0.25) is 0 Å². The van der Waals surface area contributed by atoms with E-state index in [1.807, 2.05) is 24.3 Å². The third-order valence-corrected chi connectivity index (χ3v) is 3.42. The summed E-state index contributed by atoms with van der Waals surface area (Å²) >= 11 is 0. The Labute approximate surface area is 114 Å². The van der Waals surface area contributed by atoms with Crippen LogP contribution in [-0.2, 0) is 9.53 Å². The molecule has 0 spiro atoms. The van der Waals surface area contributed by atoms with Gasteiger partial charge in [-0.1, -0.05) is 25.1 Å². The number of nitrogens with one attached hydrogen (secondary N) is 2. The number of carbonyl (C=O) groups is 1. The molecule has 2 rings (SSSR count). The van der Waals surface area contributed by atoms with Gasteiger partial charge in [0.25, 0.3) is 5.91 Å². The average Bonchev–Trinajstić information content (AvgIpc) is 2.93. The first kappa shape index (κ1) is 14.0. The van der Waals surface area contributed by atoms with Crippen LogP contribution in [0.2, 0.25) is 0 Å². The highest BCUT2D eigenvalue weighted by Gasteiger charge is 2.24. The molecule has 4 nitrogen and oxygen atoms in total. The van der Waals surface area contributed by atoms with Crippen molar-refractivity contribution in [2.45, 2.75) is 38.8 Å². The van der Waals surface area contributed by atoms with E-state index in [0.29, 0.717) is 6.61 Å². The Morgan fingerprint density at radius 3 is 2.95 bits per heavy atom. The molecule has 2 N–H and O–H groups in total. The van der Waals surface area contributed by atoms with Crippen LogP contribution in [0, 0.1) is 0 Å². The van der Waals surface area contributed by atoms with E-state index in [4.69, 9.17) is 4.74 Å². The first-order chi connectivity index (χ1) is 9.22. The third kappa shape index (κ3) is 3.55. The summed E-state index contributed by atoms with van der Waals surface area (Å²) < 4.78 is 5.41. The lowest BCUT2D eigenvalue weighted by Gasteiger charge is -2.18. The lowest BCUT2D eigenvalue weighted by molar-refractivity contribution is -0.124. The monoisotopic (exact) mass is 262 g/mol. The minimum Gasteiger partial charge on any atom is -0.368 e. The molecule has 1 amide bonds. The smallest absolute Gasteiger partial charge is 0.253 e. The Hall–Kier alpha value is -1.39. The first-order valence-corrected chi connectivity index (χ1v) is 6.97. The maximum atomic E-state index is 12.1. The number of carbonyl (C=O) groups excluding carboxylic acids is 1. The molecule has 104 valence electrons. The summed E-state index contributed by atoms with van der Waals surface area (Å²) in [6.07, 6.45) is 1.49. The van der Waals surface area contributed by atoms with E-state index in [2.05, 4.69) is 24.5 Å². The molecule has 19 heavy (non-hydrogen) atoms. The summed E-state index contributed by atoms with van der Waals surface area (Å²) in [4.78, 5) is 12.1. The van der Waals surface area contributed by atoms with Crippen molar-refractivity contribution in [2.24, 2.45) is 0 Å². The van der Waals surface area contributed by atoms with E-state index in [0.717, 1.165) is 30.6 Å². The topological polar surface area (TPSA) is 50.4 Å². The number of hydrogen-bond acceptors (Lipinski definition) is 3. The van der Waals surface area contributed by atoms with E-state index < -0.39 is 0 Å². The van der Waals surface area contributed by atoms with Crippen molar-refractivity contribution in [3.05, 3.63) is 29.8 Å². The predicted octanol–water partition coefficient (Wildman–Crippen LogP) is 2.47. The van der Waals surface area contributed by atoms with Crippen molar-refractivity contribution in [3.63, 3.8) is 0 Å². The highest BCUT2D eigenvalue weighted by Crippen LogP contribution is 2.23. The second-order valence-electron chi connectivity index (χ2n) is 4.86. The number of benzene rings is 1. The molecular formula is C15H22N2O2. The Morgan fingerprint density at radius 2 is 2.26 bits per heavy atom. The van der Waals surface area contributed by atoms with Crippen molar-refractivity contribution in [1.29, 1.82) is 0 Å². The molecule has 4 heteroatoms. The average molecular weight is 262 g/mol. The Morgan fingerprint density at radius 1 is 1.47 bits per heavy atom. The van der Waals surface area contributed by atoms with Gasteiger partial charge in [-0.05, 0) is 37.9 Å². The van der Waals surface area contributed by atoms with Crippen LogP contribution in [0.4, 0.5) is 5.69 Å². The van der Waals surface area contributed by atoms with E-state index >= 15 is 0 Å². The molecule has 2 unspecified atom stereocenters. The fraction of sp³-hybridized carbons (Fsp3) is 0.533. The highest BCUT2D eigenvalue weighted by molar-refractivity contribution is 5.95. The molecule has 0 radical (unpaired) electrons. The first-order valence-electron chi connectivity index (χ1n) is 6.97. The molecule has 0 aliphatic carbocycles. The molecule has 0 saturated carbocycles. The Balaban J connectivity index is 2.08. The van der Waals surface area contributed by atoms with E-state index in [-0.39, 0.29) is 18.1 Å². The second-order valence-corrected chi connectivity index (χ2v) is 4.86. The number of para-hydroxylation sites is 1. The van der Waals surface area contributed by atoms with Crippen LogP contribution in [-0.4, -0.2) is 25.2 Å². The largest absolute Gasteiger partial charge is 0.368 e. The van der Waals surface area contributed by atoms with E-state index in [1.165, 1.54) is 0 Å². The Bertz CT molecular complexity index is 428. The summed E-state index contributed by atoms with van der Waals surface area (Å²) in [5, 5.41) is 6.35. The van der Waals surface area contributed by atoms with Crippen LogP contribution >= 0.6 is 0 Å². The van der Waals surface area contributed by atoms with E-state index in [1.54, 1.807) is 0 Å². The van der Waals surface area contributed by atoms with Crippen LogP contribution < -0.4 is 10.6 Å². The third-order valence-electron chi connectivity index (χ3n) is 3.42. The molecule has 1 heterocycles. The van der Waals surface area contributed by atoms with Gasteiger partial charge in [0.1, 0.15) is 6.10 Å². The SMILES string of the molecule is CCNC(C)c1ccccc1NC(=O)C1CCCO1. The molecule has 0 bridgehead atoms. The lowest BCUT2D eigenvalue weighted by Crippen LogP contribution is -2.28. The minimum atomic E-state index is -0.289. The molecule has 0 aromatic heterocycles. The number of ether oxygens (including phenoxy) is 1. The molecule has 1 aromatic carbocycles. The van der Waals surface area contributed by atoms with Gasteiger partial charge in [0.15, 0.2) is 0 Å². The van der Waals surface area contributed by atoms with Crippen LogP contribution in [0.25, 0.3) is 0 Å². The van der Waals surface area contributed by atoms with E-state index in [9.17, 15) is 4.79 Å². The molecule has 1 fully saturated rings. The molecule has 2 atom stereocenters. The Kier molecular flexibility index (Phi) is 4.93. The normalized spacial score (nSPS) is 20.2. The summed E-state index contributed by atoms with van der Waals surface area (Å²) in [6.45, 7) is 5.76. The molecule has 1 saturated heterocycles. The van der Waals surface area contributed by atoms with Gasteiger partial charge in [-0.3, -0.25) is 4.79 Å². The fourth-order valence-electron chi connectivity index (χ4n) is 2.40. The minimum absolute atomic E-state index is 0.0337. The zero-order valence-electron chi connectivity index (χ0n) is 11.6. The number of hydrogen-bond donors (Lipinski definition) is 2. The number of anilines is 1. The van der Waals surface area contributed by atoms with Gasteiger partial charge < -0.3 is 15.4 Å². The zero-order chi connectivity index (χ0) is 13.7. The zero-order valence-corrected chi connectivity index (χ0v) is 11.6. The predicted molar refractivity (Wildman–Crippen MR) is 76.1 cm³/mol. The number of amides is 1. The molecule has 1 aliphatic rings. The van der Waals surface area contributed by atoms with Gasteiger partial charge in [-0.15, -0.1) is 0 Å². The van der Waals surface area contributed by atoms with Crippen molar-refractivity contribution in [3.8, 4) is 0 Å². The number of rotatable bonds is 5. The second kappa shape index (κ2) is 6.68. The summed E-state index contributed by atoms with van der Waals surface area (Å²) in [5.41, 5.74) is 1.98. The maximum Gasteiger partial charge on any atom is 0.253 e.